The number of carbonyl (C=O) groups is 1. The quantitative estimate of drug-likeness (QED) is 0.505. The van der Waals surface area contributed by atoms with Gasteiger partial charge in [-0.2, -0.15) is 10.2 Å². The van der Waals surface area contributed by atoms with Crippen molar-refractivity contribution in [2.24, 2.45) is 0 Å². The molecule has 0 saturated carbocycles. The number of benzene rings is 1. The van der Waals surface area contributed by atoms with Gasteiger partial charge in [-0.1, -0.05) is 6.07 Å². The van der Waals surface area contributed by atoms with E-state index in [1.165, 1.54) is 6.26 Å². The van der Waals surface area contributed by atoms with Crippen LogP contribution >= 0.6 is 0 Å². The Hall–Kier alpha value is -4.19. The van der Waals surface area contributed by atoms with Crippen LogP contribution in [0, 0.1) is 11.3 Å². The van der Waals surface area contributed by atoms with Crippen molar-refractivity contribution in [3.05, 3.63) is 53.9 Å². The number of methoxy groups -OCH3 is 1. The summed E-state index contributed by atoms with van der Waals surface area (Å²) in [5.74, 6) is 2.32. The summed E-state index contributed by atoms with van der Waals surface area (Å²) < 4.78 is 22.0. The van der Waals surface area contributed by atoms with Crippen molar-refractivity contribution in [2.75, 3.05) is 44.8 Å². The van der Waals surface area contributed by atoms with E-state index in [-0.39, 0.29) is 17.5 Å². The third-order valence-electron chi connectivity index (χ3n) is 5.23. The first-order valence-corrected chi connectivity index (χ1v) is 10.6. The molecular formula is C24H24N4O5. The predicted molar refractivity (Wildman–Crippen MR) is 121 cm³/mol. The number of rotatable bonds is 7. The van der Waals surface area contributed by atoms with E-state index >= 15 is 0 Å². The molecule has 3 aromatic rings. The van der Waals surface area contributed by atoms with Crippen molar-refractivity contribution in [2.45, 2.75) is 6.92 Å². The molecule has 0 aliphatic carbocycles. The lowest BCUT2D eigenvalue weighted by molar-refractivity contribution is -0.126. The highest BCUT2D eigenvalue weighted by atomic mass is 16.5. The van der Waals surface area contributed by atoms with Gasteiger partial charge in [0.2, 0.25) is 17.5 Å². The van der Waals surface area contributed by atoms with Crippen LogP contribution in [0.1, 0.15) is 18.2 Å². The molecule has 0 bridgehead atoms. The first-order chi connectivity index (χ1) is 16.1. The van der Waals surface area contributed by atoms with Crippen LogP contribution in [0.5, 0.6) is 11.5 Å². The number of ether oxygens (including phenoxy) is 2. The summed E-state index contributed by atoms with van der Waals surface area (Å²) in [6, 6.07) is 11.1. The summed E-state index contributed by atoms with van der Waals surface area (Å²) in [5, 5.41) is 9.44. The minimum atomic E-state index is -0.0862. The average molecular weight is 448 g/mol. The Morgan fingerprint density at radius 3 is 2.73 bits per heavy atom. The van der Waals surface area contributed by atoms with Crippen molar-refractivity contribution in [1.82, 2.24) is 9.88 Å². The molecule has 1 aliphatic heterocycles. The number of nitriles is 1. The fraction of sp³-hybridized carbons (Fsp3) is 0.292. The molecule has 1 aromatic carbocycles. The lowest BCUT2D eigenvalue weighted by Gasteiger charge is -2.33. The highest BCUT2D eigenvalue weighted by molar-refractivity contribution is 5.92. The van der Waals surface area contributed by atoms with E-state index in [0.717, 1.165) is 5.56 Å². The number of anilines is 1. The Balaban J connectivity index is 1.38. The first-order valence-electron chi connectivity index (χ1n) is 10.6. The number of amides is 1. The molecule has 9 heteroatoms. The molecule has 1 amide bonds. The van der Waals surface area contributed by atoms with Gasteiger partial charge in [0.25, 0.3) is 5.89 Å². The number of aromatic nitrogens is 1. The maximum absolute atomic E-state index is 12.7. The SMILES string of the molecule is CCOc1ccc(/C=C/C(=O)N2CCN(c3oc(-c4ccco4)nc3C#N)CC2)cc1OC. The van der Waals surface area contributed by atoms with Gasteiger partial charge in [0, 0.05) is 32.3 Å². The van der Waals surface area contributed by atoms with Gasteiger partial charge in [0.05, 0.1) is 20.0 Å². The Morgan fingerprint density at radius 2 is 2.06 bits per heavy atom. The van der Waals surface area contributed by atoms with Gasteiger partial charge < -0.3 is 28.1 Å². The van der Waals surface area contributed by atoms with Gasteiger partial charge in [0.1, 0.15) is 6.07 Å². The van der Waals surface area contributed by atoms with Crippen molar-refractivity contribution < 1.29 is 23.1 Å². The Morgan fingerprint density at radius 1 is 1.24 bits per heavy atom. The Labute approximate surface area is 191 Å². The molecule has 0 spiro atoms. The highest BCUT2D eigenvalue weighted by Gasteiger charge is 2.26. The van der Waals surface area contributed by atoms with Gasteiger partial charge in [0.15, 0.2) is 17.3 Å². The predicted octanol–water partition coefficient (Wildman–Crippen LogP) is 3.58. The summed E-state index contributed by atoms with van der Waals surface area (Å²) in [7, 11) is 1.58. The van der Waals surface area contributed by atoms with Crippen LogP contribution in [-0.4, -0.2) is 55.7 Å². The third kappa shape index (κ3) is 4.85. The fourth-order valence-corrected chi connectivity index (χ4v) is 3.57. The molecule has 2 aromatic heterocycles. The number of hydrogen-bond acceptors (Lipinski definition) is 8. The molecule has 0 unspecified atom stereocenters. The smallest absolute Gasteiger partial charge is 0.266 e. The molecular weight excluding hydrogens is 424 g/mol. The van der Waals surface area contributed by atoms with Crippen LogP contribution in [0.3, 0.4) is 0 Å². The maximum Gasteiger partial charge on any atom is 0.266 e. The Kier molecular flexibility index (Phi) is 6.64. The van der Waals surface area contributed by atoms with E-state index in [9.17, 15) is 10.1 Å². The summed E-state index contributed by atoms with van der Waals surface area (Å²) in [6.45, 7) is 4.50. The summed E-state index contributed by atoms with van der Waals surface area (Å²) >= 11 is 0. The molecule has 3 heterocycles. The molecule has 4 rings (SSSR count). The molecule has 1 fully saturated rings. The lowest BCUT2D eigenvalue weighted by atomic mass is 10.2. The molecule has 0 N–H and O–H groups in total. The van der Waals surface area contributed by atoms with E-state index in [0.29, 0.717) is 55.9 Å². The minimum absolute atomic E-state index is 0.0862. The molecule has 1 aliphatic rings. The van der Waals surface area contributed by atoms with Gasteiger partial charge in [-0.25, -0.2) is 0 Å². The van der Waals surface area contributed by atoms with Crippen LogP contribution < -0.4 is 14.4 Å². The number of oxazole rings is 1. The monoisotopic (exact) mass is 448 g/mol. The second kappa shape index (κ2) is 9.96. The minimum Gasteiger partial charge on any atom is -0.493 e. The molecule has 0 atom stereocenters. The number of hydrogen-bond donors (Lipinski definition) is 0. The van der Waals surface area contributed by atoms with Gasteiger partial charge >= 0.3 is 0 Å². The zero-order chi connectivity index (χ0) is 23.2. The highest BCUT2D eigenvalue weighted by Crippen LogP contribution is 2.30. The van der Waals surface area contributed by atoms with Crippen molar-refractivity contribution >= 4 is 17.9 Å². The van der Waals surface area contributed by atoms with E-state index in [4.69, 9.17) is 18.3 Å². The molecule has 170 valence electrons. The number of furan rings is 1. The fourth-order valence-electron chi connectivity index (χ4n) is 3.57. The normalized spacial score (nSPS) is 13.8. The van der Waals surface area contributed by atoms with E-state index in [1.54, 1.807) is 36.3 Å². The van der Waals surface area contributed by atoms with Crippen molar-refractivity contribution in [1.29, 1.82) is 5.26 Å². The van der Waals surface area contributed by atoms with Crippen LogP contribution in [0.15, 0.2) is 51.5 Å². The van der Waals surface area contributed by atoms with Crippen LogP contribution in [0.2, 0.25) is 0 Å². The zero-order valence-corrected chi connectivity index (χ0v) is 18.5. The first kappa shape index (κ1) is 22.0. The zero-order valence-electron chi connectivity index (χ0n) is 18.5. The van der Waals surface area contributed by atoms with Crippen LogP contribution in [-0.2, 0) is 4.79 Å². The van der Waals surface area contributed by atoms with Gasteiger partial charge in [-0.05, 0) is 42.8 Å². The third-order valence-corrected chi connectivity index (χ3v) is 5.23. The number of nitrogens with zero attached hydrogens (tertiary/aromatic N) is 4. The largest absolute Gasteiger partial charge is 0.493 e. The van der Waals surface area contributed by atoms with Gasteiger partial charge in [-0.3, -0.25) is 4.79 Å². The lowest BCUT2D eigenvalue weighted by Crippen LogP contribution is -2.48. The summed E-state index contributed by atoms with van der Waals surface area (Å²) in [6.07, 6.45) is 4.83. The maximum atomic E-state index is 12.7. The average Bonchev–Trinajstić information content (AvgIpc) is 3.53. The van der Waals surface area contributed by atoms with E-state index in [1.807, 2.05) is 30.0 Å². The standard InChI is InChI=1S/C24H24N4O5/c1-3-31-19-8-6-17(15-21(19)30-2)7-9-22(29)27-10-12-28(13-11-27)24-18(16-25)26-23(33-24)20-5-4-14-32-20/h4-9,14-15H,3,10-13H2,1-2H3/b9-7+. The second-order valence-corrected chi connectivity index (χ2v) is 7.25. The number of carbonyl (C=O) groups excluding carboxylic acids is 1. The molecule has 33 heavy (non-hydrogen) atoms. The second-order valence-electron chi connectivity index (χ2n) is 7.25. The van der Waals surface area contributed by atoms with Crippen LogP contribution in [0.4, 0.5) is 5.88 Å². The summed E-state index contributed by atoms with van der Waals surface area (Å²) in [4.78, 5) is 20.6. The molecule has 0 radical (unpaired) electrons. The molecule has 1 saturated heterocycles. The van der Waals surface area contributed by atoms with Crippen LogP contribution in [0.25, 0.3) is 17.7 Å². The van der Waals surface area contributed by atoms with E-state index in [2.05, 4.69) is 11.1 Å². The topological polar surface area (TPSA) is 105 Å². The summed E-state index contributed by atoms with van der Waals surface area (Å²) in [5.41, 5.74) is 1.04. The van der Waals surface area contributed by atoms with Crippen molar-refractivity contribution in [3.63, 3.8) is 0 Å². The molecule has 9 nitrogen and oxygen atoms in total. The Bertz CT molecular complexity index is 1170. The van der Waals surface area contributed by atoms with Gasteiger partial charge in [-0.15, -0.1) is 0 Å². The number of piperazine rings is 1. The van der Waals surface area contributed by atoms with E-state index < -0.39 is 0 Å². The van der Waals surface area contributed by atoms with Crippen molar-refractivity contribution in [3.8, 4) is 29.2 Å².